The van der Waals surface area contributed by atoms with Gasteiger partial charge in [-0.3, -0.25) is 9.59 Å². The second-order valence-electron chi connectivity index (χ2n) is 11.9. The summed E-state index contributed by atoms with van der Waals surface area (Å²) >= 11 is 0. The van der Waals surface area contributed by atoms with Gasteiger partial charge in [0.1, 0.15) is 0 Å². The zero-order chi connectivity index (χ0) is 32.7. The summed E-state index contributed by atoms with van der Waals surface area (Å²) in [5.74, 6) is -0.749. The van der Waals surface area contributed by atoms with E-state index in [2.05, 4.69) is 15.5 Å². The summed E-state index contributed by atoms with van der Waals surface area (Å²) < 4.78 is 41.6. The van der Waals surface area contributed by atoms with Crippen molar-refractivity contribution in [3.05, 3.63) is 59.2 Å². The second-order valence-corrected chi connectivity index (χ2v) is 11.9. The van der Waals surface area contributed by atoms with Crippen LogP contribution in [0.4, 0.5) is 18.9 Å². The van der Waals surface area contributed by atoms with Crippen LogP contribution in [0.1, 0.15) is 56.7 Å². The van der Waals surface area contributed by atoms with Crippen molar-refractivity contribution in [2.24, 2.45) is 17.2 Å². The number of benzene rings is 2. The number of hydrogen-bond acceptors (Lipinski definition) is 8. The lowest BCUT2D eigenvalue weighted by atomic mass is 9.78. The number of halogens is 3. The fourth-order valence-electron chi connectivity index (χ4n) is 5.36. The van der Waals surface area contributed by atoms with Gasteiger partial charge in [-0.15, -0.1) is 0 Å². The van der Waals surface area contributed by atoms with E-state index in [-0.39, 0.29) is 30.4 Å². The Bertz CT molecular complexity index is 1250. The molecule has 2 heterocycles. The maximum Gasteiger partial charge on any atom is 0.492 e. The number of hydrogen-bond donors (Lipinski definition) is 6. The first-order valence-electron chi connectivity index (χ1n) is 14.8. The molecule has 44 heavy (non-hydrogen) atoms. The Morgan fingerprint density at radius 2 is 1.77 bits per heavy atom. The maximum absolute atomic E-state index is 12.2. The lowest BCUT2D eigenvalue weighted by Gasteiger charge is -2.34. The fraction of sp³-hybridized carbons (Fsp3) is 0.533. The molecule has 0 spiro atoms. The summed E-state index contributed by atoms with van der Waals surface area (Å²) in [5.41, 5.74) is 19.7. The minimum Gasteiger partial charge on any atom is -0.423 e. The Labute approximate surface area is 257 Å². The number of carbonyl (C=O) groups is 2. The quantitative estimate of drug-likeness (QED) is 0.229. The summed E-state index contributed by atoms with van der Waals surface area (Å²) in [6.07, 6.45) is -1.37. The predicted molar refractivity (Wildman–Crippen MR) is 165 cm³/mol. The van der Waals surface area contributed by atoms with Gasteiger partial charge in [-0.05, 0) is 86.9 Å². The number of amides is 2. The standard InChI is InChI=1S/C21H35BN6O4.C9H9F3/c1-21(2)16-6-5-15(9-17(16)22(31)32-21)27-19(29)10-26-20(30)18(25)4-3-7-28-11-13(23)8-14(24)12-28;1-2-7-3-5-8(6-4-7)9(10,11)12/h5-6,9,13-14,18,31H,3-4,7-8,10-12,23-25H2,1-2H3,(H,26,30)(H,27,29);3-6H,2H2,1H3. The molecular formula is C30H44BF3N6O4. The second kappa shape index (κ2) is 15.3. The van der Waals surface area contributed by atoms with Crippen LogP contribution in [0.2, 0.25) is 0 Å². The van der Waals surface area contributed by atoms with Crippen LogP contribution in [-0.4, -0.2) is 73.2 Å². The zero-order valence-electron chi connectivity index (χ0n) is 25.5. The van der Waals surface area contributed by atoms with Crippen molar-refractivity contribution in [1.29, 1.82) is 0 Å². The van der Waals surface area contributed by atoms with E-state index in [1.807, 2.05) is 26.8 Å². The van der Waals surface area contributed by atoms with Gasteiger partial charge in [0.25, 0.3) is 0 Å². The molecule has 9 N–H and O–H groups in total. The van der Waals surface area contributed by atoms with E-state index in [9.17, 15) is 27.8 Å². The molecular weight excluding hydrogens is 576 g/mol. The topological polar surface area (TPSA) is 169 Å². The Hall–Kier alpha value is -3.01. The van der Waals surface area contributed by atoms with E-state index in [0.717, 1.165) is 62.2 Å². The van der Waals surface area contributed by atoms with Gasteiger partial charge < -0.3 is 42.4 Å². The Morgan fingerprint density at radius 3 is 2.36 bits per heavy atom. The monoisotopic (exact) mass is 620 g/mol. The molecule has 2 aliphatic rings. The highest BCUT2D eigenvalue weighted by Crippen LogP contribution is 2.31. The third kappa shape index (κ3) is 10.3. The van der Waals surface area contributed by atoms with Crippen LogP contribution in [0.25, 0.3) is 0 Å². The molecule has 3 unspecified atom stereocenters. The molecule has 2 aromatic rings. The fourth-order valence-corrected chi connectivity index (χ4v) is 5.36. The third-order valence-corrected chi connectivity index (χ3v) is 7.69. The molecule has 0 saturated carbocycles. The summed E-state index contributed by atoms with van der Waals surface area (Å²) in [5, 5.41) is 15.4. The molecule has 4 rings (SSSR count). The molecule has 2 aromatic carbocycles. The van der Waals surface area contributed by atoms with Crippen LogP contribution >= 0.6 is 0 Å². The van der Waals surface area contributed by atoms with E-state index < -0.39 is 30.5 Å². The van der Waals surface area contributed by atoms with E-state index in [1.165, 1.54) is 12.1 Å². The average molecular weight is 621 g/mol. The van der Waals surface area contributed by atoms with Crippen LogP contribution in [0.3, 0.4) is 0 Å². The van der Waals surface area contributed by atoms with Gasteiger partial charge in [-0.25, -0.2) is 0 Å². The average Bonchev–Trinajstić information content (AvgIpc) is 3.18. The number of nitrogens with two attached hydrogens (primary N) is 3. The molecule has 1 saturated heterocycles. The maximum atomic E-state index is 12.2. The van der Waals surface area contributed by atoms with Crippen molar-refractivity contribution in [1.82, 2.24) is 10.2 Å². The summed E-state index contributed by atoms with van der Waals surface area (Å²) in [6, 6.07) is 9.94. The largest absolute Gasteiger partial charge is 0.492 e. The normalized spacial score (nSPS) is 20.3. The molecule has 0 bridgehead atoms. The van der Waals surface area contributed by atoms with Gasteiger partial charge >= 0.3 is 13.3 Å². The lowest BCUT2D eigenvalue weighted by molar-refractivity contribution is -0.137. The van der Waals surface area contributed by atoms with Crippen LogP contribution < -0.4 is 33.3 Å². The minimum absolute atomic E-state index is 0.0854. The molecule has 1 fully saturated rings. The molecule has 10 nitrogen and oxygen atoms in total. The molecule has 2 aliphatic heterocycles. The first-order valence-corrected chi connectivity index (χ1v) is 14.8. The van der Waals surface area contributed by atoms with Crippen molar-refractivity contribution in [2.45, 2.75) is 76.4 Å². The molecule has 0 radical (unpaired) electrons. The number of fused-ring (bicyclic) bond motifs is 1. The van der Waals surface area contributed by atoms with Crippen molar-refractivity contribution in [3.8, 4) is 0 Å². The number of carbonyl (C=O) groups excluding carboxylic acids is 2. The van der Waals surface area contributed by atoms with Crippen LogP contribution in [-0.2, 0) is 32.4 Å². The van der Waals surface area contributed by atoms with Gasteiger partial charge in [-0.2, -0.15) is 13.2 Å². The highest BCUT2D eigenvalue weighted by atomic mass is 19.4. The third-order valence-electron chi connectivity index (χ3n) is 7.69. The highest BCUT2D eigenvalue weighted by molar-refractivity contribution is 6.62. The van der Waals surface area contributed by atoms with Gasteiger partial charge in [0.15, 0.2) is 0 Å². The summed E-state index contributed by atoms with van der Waals surface area (Å²) in [4.78, 5) is 26.7. The van der Waals surface area contributed by atoms with Crippen LogP contribution in [0, 0.1) is 0 Å². The molecule has 0 aromatic heterocycles. The number of anilines is 1. The number of rotatable bonds is 9. The zero-order valence-corrected chi connectivity index (χ0v) is 25.5. The van der Waals surface area contributed by atoms with Crippen molar-refractivity contribution < 1.29 is 32.4 Å². The Balaban J connectivity index is 0.000000369. The minimum atomic E-state index is -4.22. The van der Waals surface area contributed by atoms with Crippen molar-refractivity contribution in [2.75, 3.05) is 31.5 Å². The van der Waals surface area contributed by atoms with Gasteiger partial charge in [0, 0.05) is 30.9 Å². The van der Waals surface area contributed by atoms with Crippen LogP contribution in [0.15, 0.2) is 42.5 Å². The first kappa shape index (κ1) is 35.5. The van der Waals surface area contributed by atoms with E-state index >= 15 is 0 Å². The van der Waals surface area contributed by atoms with Crippen molar-refractivity contribution in [3.63, 3.8) is 0 Å². The summed E-state index contributed by atoms with van der Waals surface area (Å²) in [7, 11) is -1.04. The smallest absolute Gasteiger partial charge is 0.423 e. The predicted octanol–water partition coefficient (Wildman–Crippen LogP) is 1.43. The molecule has 242 valence electrons. The van der Waals surface area contributed by atoms with E-state index in [0.29, 0.717) is 17.6 Å². The number of likely N-dealkylation sites (tertiary alicyclic amines) is 1. The number of aryl methyl sites for hydroxylation is 1. The Kier molecular flexibility index (Phi) is 12.4. The lowest BCUT2D eigenvalue weighted by Crippen LogP contribution is -2.52. The van der Waals surface area contributed by atoms with Gasteiger partial charge in [0.05, 0.1) is 23.8 Å². The van der Waals surface area contributed by atoms with Gasteiger partial charge in [-0.1, -0.05) is 25.1 Å². The van der Waals surface area contributed by atoms with E-state index in [4.69, 9.17) is 21.9 Å². The number of alkyl halides is 3. The number of nitrogens with zero attached hydrogens (tertiary/aromatic N) is 1. The highest BCUT2D eigenvalue weighted by Gasteiger charge is 2.40. The summed E-state index contributed by atoms with van der Waals surface area (Å²) in [6.45, 7) is 7.85. The molecule has 2 amide bonds. The van der Waals surface area contributed by atoms with E-state index in [1.54, 1.807) is 12.1 Å². The molecule has 3 atom stereocenters. The SMILES string of the molecule is CC1(C)OB(O)c2cc(NC(=O)CNC(=O)C(N)CCCN3CC(N)CC(N)C3)ccc21.CCc1ccc(C(F)(F)F)cc1. The number of piperidine rings is 1. The number of nitrogens with one attached hydrogen (secondary N) is 2. The van der Waals surface area contributed by atoms with Gasteiger partial charge in [0.2, 0.25) is 11.8 Å². The first-order chi connectivity index (χ1) is 20.6. The van der Waals surface area contributed by atoms with Crippen LogP contribution in [0.5, 0.6) is 0 Å². The van der Waals surface area contributed by atoms with Crippen molar-refractivity contribution >= 4 is 30.1 Å². The molecule has 14 heteroatoms. The molecule has 0 aliphatic carbocycles. The Morgan fingerprint density at radius 1 is 1.14 bits per heavy atom.